The Hall–Kier alpha value is -0.545. The molecular weight excluding hydrogens is 320 g/mol. The number of halogens is 1. The zero-order chi connectivity index (χ0) is 16.4. The molecule has 5 atom stereocenters. The second-order valence-corrected chi connectivity index (χ2v) is 8.69. The van der Waals surface area contributed by atoms with Crippen molar-refractivity contribution in [2.45, 2.75) is 64.6 Å². The topological polar surface area (TPSA) is 44.5 Å². The molecule has 1 aromatic carbocycles. The molecule has 1 heterocycles. The van der Waals surface area contributed by atoms with Crippen LogP contribution in [0.1, 0.15) is 44.7 Å². The van der Waals surface area contributed by atoms with E-state index in [-0.39, 0.29) is 37.2 Å². The van der Waals surface area contributed by atoms with E-state index in [0.717, 1.165) is 18.8 Å². The minimum Gasteiger partial charge on any atom is -0.404 e. The van der Waals surface area contributed by atoms with Gasteiger partial charge in [-0.1, -0.05) is 43.7 Å². The van der Waals surface area contributed by atoms with Crippen molar-refractivity contribution in [2.75, 3.05) is 0 Å². The molecule has 0 aromatic heterocycles. The van der Waals surface area contributed by atoms with Gasteiger partial charge in [-0.3, -0.25) is 0 Å². The van der Waals surface area contributed by atoms with E-state index in [1.807, 2.05) is 0 Å². The third kappa shape index (κ3) is 2.63. The third-order valence-electron chi connectivity index (χ3n) is 6.91. The van der Waals surface area contributed by atoms with Crippen LogP contribution in [-0.4, -0.2) is 24.8 Å². The summed E-state index contributed by atoms with van der Waals surface area (Å²) in [7, 11) is -0.276. The van der Waals surface area contributed by atoms with E-state index < -0.39 is 0 Å². The molecule has 24 heavy (non-hydrogen) atoms. The zero-order valence-corrected chi connectivity index (χ0v) is 15.9. The quantitative estimate of drug-likeness (QED) is 0.849. The van der Waals surface area contributed by atoms with E-state index in [2.05, 4.69) is 52.0 Å². The Labute approximate surface area is 152 Å². The largest absolute Gasteiger partial charge is 0.475 e. The highest BCUT2D eigenvalue weighted by Gasteiger charge is 2.68. The fraction of sp³-hybridized carbons (Fsp3) is 0.684. The lowest BCUT2D eigenvalue weighted by atomic mass is 9.43. The van der Waals surface area contributed by atoms with Crippen molar-refractivity contribution in [3.8, 4) is 0 Å². The van der Waals surface area contributed by atoms with Crippen molar-refractivity contribution in [3.05, 3.63) is 35.4 Å². The minimum atomic E-state index is -0.276. The second-order valence-electron chi connectivity index (χ2n) is 8.69. The number of rotatable bonds is 3. The Morgan fingerprint density at radius 2 is 1.88 bits per heavy atom. The van der Waals surface area contributed by atoms with Gasteiger partial charge in [-0.15, -0.1) is 12.4 Å². The molecule has 0 radical (unpaired) electrons. The van der Waals surface area contributed by atoms with E-state index in [9.17, 15) is 0 Å². The van der Waals surface area contributed by atoms with Crippen LogP contribution >= 0.6 is 12.4 Å². The highest BCUT2D eigenvalue weighted by Crippen LogP contribution is 2.65. The predicted molar refractivity (Wildman–Crippen MR) is 100 cm³/mol. The SMILES string of the molecule is Cc1ccc(C[C@H](N)B2O[C@@H]3CC4CC(C4(C)C)[C@]3(C)O2)cc1.Cl. The summed E-state index contributed by atoms with van der Waals surface area (Å²) in [6.07, 6.45) is 3.41. The van der Waals surface area contributed by atoms with Crippen LogP contribution in [0.3, 0.4) is 0 Å². The van der Waals surface area contributed by atoms with E-state index in [0.29, 0.717) is 11.3 Å². The molecule has 2 unspecified atom stereocenters. The van der Waals surface area contributed by atoms with Crippen molar-refractivity contribution in [2.24, 2.45) is 23.0 Å². The highest BCUT2D eigenvalue weighted by molar-refractivity contribution is 6.47. The standard InChI is InChI=1S/C19H28BNO2.ClH/c1-12-5-7-13(8-6-12)9-17(21)20-22-16-11-14-10-15(18(14,2)3)19(16,4)23-20;/h5-8,14-17H,9-11,21H2,1-4H3;1H/t14?,15?,16-,17+,19+;/m1./s1. The van der Waals surface area contributed by atoms with Gasteiger partial charge in [0.15, 0.2) is 0 Å². The van der Waals surface area contributed by atoms with Gasteiger partial charge in [0.2, 0.25) is 0 Å². The van der Waals surface area contributed by atoms with Gasteiger partial charge in [0.1, 0.15) is 0 Å². The molecule has 2 bridgehead atoms. The average molecular weight is 350 g/mol. The van der Waals surface area contributed by atoms with E-state index >= 15 is 0 Å². The molecule has 0 amide bonds. The molecule has 1 aromatic rings. The smallest absolute Gasteiger partial charge is 0.404 e. The van der Waals surface area contributed by atoms with Crippen molar-refractivity contribution >= 4 is 19.5 Å². The monoisotopic (exact) mass is 349 g/mol. The predicted octanol–water partition coefficient (Wildman–Crippen LogP) is 3.55. The molecule has 1 aliphatic heterocycles. The van der Waals surface area contributed by atoms with Crippen molar-refractivity contribution < 1.29 is 9.31 Å². The molecule has 3 aliphatic carbocycles. The summed E-state index contributed by atoms with van der Waals surface area (Å²) in [5.74, 6) is 1.26. The maximum atomic E-state index is 6.45. The molecule has 2 N–H and O–H groups in total. The number of aryl methyl sites for hydroxylation is 1. The van der Waals surface area contributed by atoms with Crippen LogP contribution in [0.5, 0.6) is 0 Å². The normalized spacial score (nSPS) is 37.2. The first-order chi connectivity index (χ1) is 10.8. The molecule has 4 fully saturated rings. The third-order valence-corrected chi connectivity index (χ3v) is 6.91. The van der Waals surface area contributed by atoms with E-state index in [1.165, 1.54) is 17.5 Å². The molecule has 1 saturated heterocycles. The van der Waals surface area contributed by atoms with Gasteiger partial charge in [0.25, 0.3) is 0 Å². The van der Waals surface area contributed by atoms with Crippen LogP contribution in [0.15, 0.2) is 24.3 Å². The van der Waals surface area contributed by atoms with Crippen LogP contribution in [0.2, 0.25) is 0 Å². The molecule has 3 nitrogen and oxygen atoms in total. The van der Waals surface area contributed by atoms with Crippen LogP contribution < -0.4 is 5.73 Å². The summed E-state index contributed by atoms with van der Waals surface area (Å²) < 4.78 is 12.7. The summed E-state index contributed by atoms with van der Waals surface area (Å²) in [5.41, 5.74) is 9.18. The summed E-state index contributed by atoms with van der Waals surface area (Å²) >= 11 is 0. The zero-order valence-electron chi connectivity index (χ0n) is 15.1. The molecule has 132 valence electrons. The Morgan fingerprint density at radius 1 is 1.21 bits per heavy atom. The first-order valence-electron chi connectivity index (χ1n) is 8.95. The van der Waals surface area contributed by atoms with Gasteiger partial charge >= 0.3 is 7.12 Å². The van der Waals surface area contributed by atoms with Crippen molar-refractivity contribution in [3.63, 3.8) is 0 Å². The molecule has 3 saturated carbocycles. The lowest BCUT2D eigenvalue weighted by Crippen LogP contribution is -2.65. The maximum absolute atomic E-state index is 6.45. The van der Waals surface area contributed by atoms with Crippen LogP contribution in [-0.2, 0) is 15.7 Å². The first-order valence-corrected chi connectivity index (χ1v) is 8.95. The van der Waals surface area contributed by atoms with Gasteiger partial charge in [0, 0.05) is 5.94 Å². The number of nitrogens with two attached hydrogens (primary N) is 1. The summed E-state index contributed by atoms with van der Waals surface area (Å²) in [6.45, 7) is 9.12. The van der Waals surface area contributed by atoms with Crippen molar-refractivity contribution in [1.82, 2.24) is 0 Å². The summed E-state index contributed by atoms with van der Waals surface area (Å²) in [4.78, 5) is 0. The molecule has 5 rings (SSSR count). The van der Waals surface area contributed by atoms with Gasteiger partial charge in [-0.2, -0.15) is 0 Å². The van der Waals surface area contributed by atoms with Crippen LogP contribution in [0.25, 0.3) is 0 Å². The molecule has 0 spiro atoms. The average Bonchev–Trinajstić information content (AvgIpc) is 2.86. The van der Waals surface area contributed by atoms with Gasteiger partial charge in [-0.05, 0) is 55.9 Å². The molecular formula is C19H29BClNO2. The number of hydrogen-bond donors (Lipinski definition) is 1. The number of hydrogen-bond acceptors (Lipinski definition) is 3. The first kappa shape index (κ1) is 18.3. The Balaban J connectivity index is 0.00000169. The molecule has 4 aliphatic rings. The second kappa shape index (κ2) is 6.01. The van der Waals surface area contributed by atoms with E-state index in [1.54, 1.807) is 0 Å². The van der Waals surface area contributed by atoms with E-state index in [4.69, 9.17) is 15.0 Å². The Kier molecular flexibility index (Phi) is 4.57. The lowest BCUT2D eigenvalue weighted by Gasteiger charge is -2.64. The summed E-state index contributed by atoms with van der Waals surface area (Å²) in [6, 6.07) is 8.57. The minimum absolute atomic E-state index is 0. The van der Waals surface area contributed by atoms with Gasteiger partial charge < -0.3 is 15.0 Å². The van der Waals surface area contributed by atoms with Crippen molar-refractivity contribution in [1.29, 1.82) is 0 Å². The van der Waals surface area contributed by atoms with Gasteiger partial charge in [-0.25, -0.2) is 0 Å². The Bertz CT molecular complexity index is 608. The fourth-order valence-corrected chi connectivity index (χ4v) is 5.17. The highest BCUT2D eigenvalue weighted by atomic mass is 35.5. The fourth-order valence-electron chi connectivity index (χ4n) is 5.17. The van der Waals surface area contributed by atoms with Crippen LogP contribution in [0.4, 0.5) is 0 Å². The lowest BCUT2D eigenvalue weighted by molar-refractivity contribution is -0.199. The maximum Gasteiger partial charge on any atom is 0.475 e. The van der Waals surface area contributed by atoms with Crippen LogP contribution in [0, 0.1) is 24.2 Å². The van der Waals surface area contributed by atoms with Gasteiger partial charge in [0.05, 0.1) is 11.7 Å². The number of benzene rings is 1. The Morgan fingerprint density at radius 3 is 2.50 bits per heavy atom. The molecule has 5 heteroatoms. The summed E-state index contributed by atoms with van der Waals surface area (Å²) in [5, 5.41) is 0.